The fraction of sp³-hybridized carbons (Fsp3) is 0.417. The van der Waals surface area contributed by atoms with E-state index >= 15 is 0 Å². The molecular formula is C12H13ClN4. The van der Waals surface area contributed by atoms with Gasteiger partial charge in [0.2, 0.25) is 0 Å². The predicted molar refractivity (Wildman–Crippen MR) is 65.6 cm³/mol. The third kappa shape index (κ3) is 2.05. The number of aromatic nitrogens is 4. The summed E-state index contributed by atoms with van der Waals surface area (Å²) in [5, 5.41) is 5.13. The van der Waals surface area contributed by atoms with E-state index in [0.717, 1.165) is 23.0 Å². The Morgan fingerprint density at radius 3 is 2.65 bits per heavy atom. The first-order valence-corrected chi connectivity index (χ1v) is 6.09. The molecule has 0 unspecified atom stereocenters. The van der Waals surface area contributed by atoms with E-state index in [4.69, 9.17) is 11.6 Å². The van der Waals surface area contributed by atoms with Gasteiger partial charge in [-0.15, -0.1) is 0 Å². The van der Waals surface area contributed by atoms with Crippen molar-refractivity contribution in [3.8, 4) is 5.82 Å². The van der Waals surface area contributed by atoms with Crippen LogP contribution in [0.4, 0.5) is 0 Å². The van der Waals surface area contributed by atoms with Crippen molar-refractivity contribution in [3.05, 3.63) is 34.5 Å². The Hall–Kier alpha value is -1.42. The zero-order chi connectivity index (χ0) is 12.0. The fourth-order valence-corrected chi connectivity index (χ4v) is 2.16. The van der Waals surface area contributed by atoms with Crippen LogP contribution in [-0.4, -0.2) is 19.7 Å². The molecule has 5 heteroatoms. The maximum absolute atomic E-state index is 6.20. The van der Waals surface area contributed by atoms with E-state index in [2.05, 4.69) is 15.1 Å². The molecule has 0 bridgehead atoms. The van der Waals surface area contributed by atoms with Crippen LogP contribution in [0, 0.1) is 13.8 Å². The highest BCUT2D eigenvalue weighted by Gasteiger charge is 2.27. The SMILES string of the molecule is Cc1cc(-n2nc(C3CC3)cc2Cl)nc(C)n1. The summed E-state index contributed by atoms with van der Waals surface area (Å²) in [6.45, 7) is 3.81. The standard InChI is InChI=1S/C12H13ClN4/c1-7-5-12(15-8(2)14-7)17-11(13)6-10(16-17)9-3-4-9/h5-6,9H,3-4H2,1-2H3. The van der Waals surface area contributed by atoms with E-state index in [1.807, 2.05) is 26.0 Å². The van der Waals surface area contributed by atoms with E-state index in [0.29, 0.717) is 11.1 Å². The smallest absolute Gasteiger partial charge is 0.159 e. The first kappa shape index (κ1) is 10.7. The first-order valence-electron chi connectivity index (χ1n) is 5.71. The monoisotopic (exact) mass is 248 g/mol. The average molecular weight is 249 g/mol. The van der Waals surface area contributed by atoms with Crippen molar-refractivity contribution < 1.29 is 0 Å². The maximum atomic E-state index is 6.20. The van der Waals surface area contributed by atoms with Crippen molar-refractivity contribution >= 4 is 11.6 Å². The third-order valence-corrected chi connectivity index (χ3v) is 3.12. The molecule has 2 aromatic rings. The van der Waals surface area contributed by atoms with Crippen molar-refractivity contribution in [2.24, 2.45) is 0 Å². The van der Waals surface area contributed by atoms with Crippen molar-refractivity contribution in [2.45, 2.75) is 32.6 Å². The topological polar surface area (TPSA) is 43.6 Å². The van der Waals surface area contributed by atoms with Gasteiger partial charge >= 0.3 is 0 Å². The number of rotatable bonds is 2. The van der Waals surface area contributed by atoms with E-state index in [1.165, 1.54) is 12.8 Å². The molecule has 0 spiro atoms. The van der Waals surface area contributed by atoms with Crippen molar-refractivity contribution in [2.75, 3.05) is 0 Å². The van der Waals surface area contributed by atoms with E-state index < -0.39 is 0 Å². The van der Waals surface area contributed by atoms with Crippen LogP contribution in [0.5, 0.6) is 0 Å². The third-order valence-electron chi connectivity index (χ3n) is 2.85. The van der Waals surface area contributed by atoms with Gasteiger partial charge < -0.3 is 0 Å². The van der Waals surface area contributed by atoms with Crippen LogP contribution >= 0.6 is 11.6 Å². The molecule has 0 aromatic carbocycles. The zero-order valence-electron chi connectivity index (χ0n) is 9.81. The summed E-state index contributed by atoms with van der Waals surface area (Å²) in [6, 6.07) is 3.83. The van der Waals surface area contributed by atoms with E-state index in [-0.39, 0.29) is 0 Å². The quantitative estimate of drug-likeness (QED) is 0.821. The molecular weight excluding hydrogens is 236 g/mol. The van der Waals surface area contributed by atoms with Gasteiger partial charge in [-0.2, -0.15) is 5.10 Å². The van der Waals surface area contributed by atoms with Gasteiger partial charge in [0.15, 0.2) is 5.82 Å². The number of hydrogen-bond donors (Lipinski definition) is 0. The van der Waals surface area contributed by atoms with Gasteiger partial charge in [0.05, 0.1) is 5.69 Å². The molecule has 88 valence electrons. The Bertz CT molecular complexity index is 552. The molecule has 3 rings (SSSR count). The predicted octanol–water partition coefficient (Wildman–Crippen LogP) is 2.81. The summed E-state index contributed by atoms with van der Waals surface area (Å²) in [5.74, 6) is 2.07. The van der Waals surface area contributed by atoms with Crippen LogP contribution in [0.1, 0.15) is 36.0 Å². The van der Waals surface area contributed by atoms with Crippen molar-refractivity contribution in [1.29, 1.82) is 0 Å². The maximum Gasteiger partial charge on any atom is 0.159 e. The van der Waals surface area contributed by atoms with Gasteiger partial charge in [0.25, 0.3) is 0 Å². The molecule has 1 saturated carbocycles. The molecule has 0 radical (unpaired) electrons. The van der Waals surface area contributed by atoms with Gasteiger partial charge in [-0.3, -0.25) is 0 Å². The van der Waals surface area contributed by atoms with Gasteiger partial charge in [-0.05, 0) is 32.8 Å². The van der Waals surface area contributed by atoms with Gasteiger partial charge in [-0.25, -0.2) is 14.6 Å². The number of nitrogens with zero attached hydrogens (tertiary/aromatic N) is 4. The normalized spacial score (nSPS) is 15.2. The minimum absolute atomic E-state index is 0.595. The summed E-state index contributed by atoms with van der Waals surface area (Å²) in [5.41, 5.74) is 2.00. The molecule has 0 amide bonds. The number of halogens is 1. The minimum Gasteiger partial charge on any atom is -0.238 e. The lowest BCUT2D eigenvalue weighted by molar-refractivity contribution is 0.796. The van der Waals surface area contributed by atoms with Crippen molar-refractivity contribution in [1.82, 2.24) is 19.7 Å². The Morgan fingerprint density at radius 2 is 2.00 bits per heavy atom. The lowest BCUT2D eigenvalue weighted by atomic mass is 10.3. The molecule has 17 heavy (non-hydrogen) atoms. The second-order valence-electron chi connectivity index (χ2n) is 4.49. The second-order valence-corrected chi connectivity index (χ2v) is 4.88. The van der Waals surface area contributed by atoms with E-state index in [1.54, 1.807) is 4.68 Å². The largest absolute Gasteiger partial charge is 0.238 e. The summed E-state index contributed by atoms with van der Waals surface area (Å²) in [6.07, 6.45) is 2.43. The highest BCUT2D eigenvalue weighted by molar-refractivity contribution is 6.29. The van der Waals surface area contributed by atoms with Crippen LogP contribution in [0.3, 0.4) is 0 Å². The van der Waals surface area contributed by atoms with Crippen LogP contribution in [0.2, 0.25) is 5.15 Å². The molecule has 2 aromatic heterocycles. The Balaban J connectivity index is 2.07. The summed E-state index contributed by atoms with van der Waals surface area (Å²) < 4.78 is 1.69. The molecule has 0 N–H and O–H groups in total. The first-order chi connectivity index (χ1) is 8.13. The van der Waals surface area contributed by atoms with Crippen LogP contribution in [0.15, 0.2) is 12.1 Å². The fourth-order valence-electron chi connectivity index (χ4n) is 1.92. The van der Waals surface area contributed by atoms with Gasteiger partial charge in [0.1, 0.15) is 11.0 Å². The molecule has 0 aliphatic heterocycles. The molecule has 2 heterocycles. The Morgan fingerprint density at radius 1 is 1.24 bits per heavy atom. The molecule has 1 aliphatic carbocycles. The number of aryl methyl sites for hydroxylation is 2. The molecule has 0 atom stereocenters. The summed E-state index contributed by atoms with van der Waals surface area (Å²) in [4.78, 5) is 8.61. The highest BCUT2D eigenvalue weighted by atomic mass is 35.5. The zero-order valence-corrected chi connectivity index (χ0v) is 10.6. The molecule has 0 saturated heterocycles. The highest BCUT2D eigenvalue weighted by Crippen LogP contribution is 2.40. The Kier molecular flexibility index (Phi) is 2.40. The molecule has 1 fully saturated rings. The number of hydrogen-bond acceptors (Lipinski definition) is 3. The Labute approximate surface area is 105 Å². The van der Waals surface area contributed by atoms with Crippen LogP contribution < -0.4 is 0 Å². The average Bonchev–Trinajstić information content (AvgIpc) is 3.01. The summed E-state index contributed by atoms with van der Waals surface area (Å²) in [7, 11) is 0. The van der Waals surface area contributed by atoms with Crippen molar-refractivity contribution in [3.63, 3.8) is 0 Å². The minimum atomic E-state index is 0.595. The molecule has 1 aliphatic rings. The van der Waals surface area contributed by atoms with Gasteiger partial charge in [0, 0.05) is 17.7 Å². The summed E-state index contributed by atoms with van der Waals surface area (Å²) >= 11 is 6.20. The molecule has 4 nitrogen and oxygen atoms in total. The van der Waals surface area contributed by atoms with Crippen LogP contribution in [-0.2, 0) is 0 Å². The lowest BCUT2D eigenvalue weighted by Gasteiger charge is -2.04. The lowest BCUT2D eigenvalue weighted by Crippen LogP contribution is -2.04. The van der Waals surface area contributed by atoms with E-state index in [9.17, 15) is 0 Å². The van der Waals surface area contributed by atoms with Gasteiger partial charge in [-0.1, -0.05) is 11.6 Å². The van der Waals surface area contributed by atoms with Crippen LogP contribution in [0.25, 0.3) is 5.82 Å². The second kappa shape index (κ2) is 3.81.